The average Bonchev–Trinajstić information content (AvgIpc) is 0.862. The van der Waals surface area contributed by atoms with Crippen LogP contribution in [0.3, 0.4) is 0 Å². The number of nitrogens with zero attached hydrogens (tertiary/aromatic N) is 6. The van der Waals surface area contributed by atoms with Crippen molar-refractivity contribution in [1.82, 2.24) is 0 Å². The standard InChI is InChI=1S/C97H66N6OS2/c104-97-87-61-69(67-41-47-79(48-42-67)102-89-57-51-81(98(71-25-9-1-10-26-71)72-27-11-2-12-28-72)63-93(89)105-94-64-82(52-58-90(94)102)99(73-29-13-3-14-30-73)74-31-15-4-16-32-74)45-55-85(87)86-56-46-70(62-88(86)97)68-43-49-80(50-44-68)103-91-59-53-83(100(75-33-17-5-18-34-75)76-35-19-6-20-36-76)65-95(91)106-96-66-84(54-60-92(96)103)101(77-37-21-7-22-38-77)78-39-23-8-24-40-78/h1-66H. The average molecular weight is 1400 g/mol. The molecule has 0 spiro atoms. The van der Waals surface area contributed by atoms with Crippen molar-refractivity contribution in [3.63, 3.8) is 0 Å². The number of rotatable bonds is 16. The Balaban J connectivity index is 0.634. The maximum atomic E-state index is 14.9. The molecule has 9 heteroatoms. The zero-order valence-electron chi connectivity index (χ0n) is 57.5. The molecule has 0 saturated carbocycles. The highest BCUT2D eigenvalue weighted by Crippen LogP contribution is 2.57. The molecule has 0 aromatic heterocycles. The van der Waals surface area contributed by atoms with Crippen molar-refractivity contribution in [2.24, 2.45) is 0 Å². The van der Waals surface area contributed by atoms with Crippen LogP contribution in [0.5, 0.6) is 0 Å². The summed E-state index contributed by atoms with van der Waals surface area (Å²) >= 11 is 3.60. The summed E-state index contributed by atoms with van der Waals surface area (Å²) in [6.07, 6.45) is 0. The van der Waals surface area contributed by atoms with E-state index in [9.17, 15) is 4.79 Å². The molecule has 16 aromatic rings. The van der Waals surface area contributed by atoms with Gasteiger partial charge in [-0.3, -0.25) is 4.79 Å². The molecule has 0 saturated heterocycles. The first-order chi connectivity index (χ1) is 52.5. The van der Waals surface area contributed by atoms with Crippen molar-refractivity contribution in [3.05, 3.63) is 412 Å². The lowest BCUT2D eigenvalue weighted by molar-refractivity contribution is 0.104. The van der Waals surface area contributed by atoms with Crippen LogP contribution in [0.4, 0.5) is 102 Å². The third kappa shape index (κ3) is 11.8. The van der Waals surface area contributed by atoms with Gasteiger partial charge in [0.1, 0.15) is 0 Å². The number of fused-ring (bicyclic) bond motifs is 7. The highest BCUT2D eigenvalue weighted by molar-refractivity contribution is 8.00. The number of para-hydroxylation sites is 8. The van der Waals surface area contributed by atoms with Crippen LogP contribution in [-0.4, -0.2) is 5.78 Å². The van der Waals surface area contributed by atoms with Crippen molar-refractivity contribution in [2.45, 2.75) is 19.6 Å². The van der Waals surface area contributed by atoms with E-state index < -0.39 is 0 Å². The maximum absolute atomic E-state index is 14.9. The summed E-state index contributed by atoms with van der Waals surface area (Å²) in [5.74, 6) is 0.0323. The van der Waals surface area contributed by atoms with Gasteiger partial charge in [-0.15, -0.1) is 0 Å². The van der Waals surface area contributed by atoms with Crippen LogP contribution >= 0.6 is 23.5 Å². The molecule has 2 aliphatic heterocycles. The van der Waals surface area contributed by atoms with E-state index in [1.165, 1.54) is 0 Å². The van der Waals surface area contributed by atoms with E-state index in [0.717, 1.165) is 155 Å². The Hall–Kier alpha value is -13.3. The van der Waals surface area contributed by atoms with Crippen LogP contribution in [0.2, 0.25) is 0 Å². The monoisotopic (exact) mass is 1390 g/mol. The molecule has 3 aliphatic rings. The Labute approximate surface area is 626 Å². The number of ketones is 1. The Morgan fingerprint density at radius 2 is 0.406 bits per heavy atom. The number of benzene rings is 16. The number of carbonyl (C=O) groups is 1. The molecule has 0 atom stereocenters. The van der Waals surface area contributed by atoms with Gasteiger partial charge in [0.25, 0.3) is 0 Å². The van der Waals surface area contributed by atoms with Gasteiger partial charge in [-0.25, -0.2) is 0 Å². The van der Waals surface area contributed by atoms with Crippen molar-refractivity contribution in [3.8, 4) is 33.4 Å². The first-order valence-electron chi connectivity index (χ1n) is 35.7. The lowest BCUT2D eigenvalue weighted by Crippen LogP contribution is -2.17. The van der Waals surface area contributed by atoms with E-state index >= 15 is 0 Å². The van der Waals surface area contributed by atoms with Crippen molar-refractivity contribution < 1.29 is 4.79 Å². The minimum absolute atomic E-state index is 0.0323. The molecule has 7 nitrogen and oxygen atoms in total. The summed E-state index contributed by atoms with van der Waals surface area (Å²) in [5, 5.41) is 0. The van der Waals surface area contributed by atoms with Crippen molar-refractivity contribution >= 4 is 132 Å². The van der Waals surface area contributed by atoms with Crippen LogP contribution in [0.1, 0.15) is 15.9 Å². The molecule has 0 amide bonds. The molecular weight excluding hydrogens is 1330 g/mol. The van der Waals surface area contributed by atoms with Crippen LogP contribution in [0.15, 0.2) is 420 Å². The normalized spacial score (nSPS) is 12.2. The van der Waals surface area contributed by atoms with Gasteiger partial charge < -0.3 is 29.4 Å². The molecule has 0 unspecified atom stereocenters. The number of anilines is 18. The van der Waals surface area contributed by atoms with Gasteiger partial charge in [0, 0.05) is 110 Å². The fourth-order valence-electron chi connectivity index (χ4n) is 15.1. The zero-order valence-corrected chi connectivity index (χ0v) is 59.1. The molecule has 16 aromatic carbocycles. The van der Waals surface area contributed by atoms with Crippen LogP contribution in [0, 0.1) is 0 Å². The number of hydrogen-bond acceptors (Lipinski definition) is 9. The summed E-state index contributed by atoms with van der Waals surface area (Å²) in [4.78, 5) is 33.6. The molecule has 19 rings (SSSR count). The summed E-state index contributed by atoms with van der Waals surface area (Å²) < 4.78 is 0. The third-order valence-electron chi connectivity index (χ3n) is 20.1. The van der Waals surface area contributed by atoms with E-state index in [1.807, 2.05) is 0 Å². The molecule has 502 valence electrons. The van der Waals surface area contributed by atoms with Gasteiger partial charge in [0.05, 0.1) is 22.7 Å². The smallest absolute Gasteiger partial charge is 0.194 e. The second kappa shape index (κ2) is 27.5. The number of carbonyl (C=O) groups excluding carboxylic acids is 1. The van der Waals surface area contributed by atoms with E-state index in [4.69, 9.17) is 0 Å². The van der Waals surface area contributed by atoms with Gasteiger partial charge in [-0.2, -0.15) is 0 Å². The van der Waals surface area contributed by atoms with Crippen LogP contribution in [0.25, 0.3) is 33.4 Å². The highest BCUT2D eigenvalue weighted by Gasteiger charge is 2.32. The predicted molar refractivity (Wildman–Crippen MR) is 443 cm³/mol. The first kappa shape index (κ1) is 63.6. The Bertz CT molecular complexity index is 5130. The minimum atomic E-state index is 0.0323. The lowest BCUT2D eigenvalue weighted by Gasteiger charge is -2.35. The van der Waals surface area contributed by atoms with Gasteiger partial charge >= 0.3 is 0 Å². The SMILES string of the molecule is O=C1c2cc(-c3ccc(N4c5ccc(N(c6ccccc6)c6ccccc6)cc5Sc5cc(N(c6ccccc6)c6ccccc6)ccc54)cc3)ccc2-c2ccc(-c3ccc(N4c5ccc(N(c6ccccc6)c6ccccc6)cc5Sc5cc(N(c6ccccc6)c6ccccc6)ccc54)cc3)cc21. The Morgan fingerprint density at radius 3 is 0.632 bits per heavy atom. The number of hydrogen-bond donors (Lipinski definition) is 0. The van der Waals surface area contributed by atoms with E-state index in [2.05, 4.69) is 430 Å². The maximum Gasteiger partial charge on any atom is 0.194 e. The molecule has 106 heavy (non-hydrogen) atoms. The van der Waals surface area contributed by atoms with Crippen molar-refractivity contribution in [2.75, 3.05) is 29.4 Å². The largest absolute Gasteiger partial charge is 0.310 e. The fraction of sp³-hybridized carbons (Fsp3) is 0. The van der Waals surface area contributed by atoms with Gasteiger partial charge in [-0.05, 0) is 240 Å². The molecule has 1 aliphatic carbocycles. The molecule has 2 heterocycles. The second-order valence-corrected chi connectivity index (χ2v) is 28.6. The van der Waals surface area contributed by atoms with E-state index in [-0.39, 0.29) is 5.78 Å². The van der Waals surface area contributed by atoms with E-state index in [1.54, 1.807) is 23.5 Å². The van der Waals surface area contributed by atoms with Crippen molar-refractivity contribution in [1.29, 1.82) is 0 Å². The van der Waals surface area contributed by atoms with Gasteiger partial charge in [0.2, 0.25) is 0 Å². The second-order valence-electron chi connectivity index (χ2n) is 26.5. The Morgan fingerprint density at radius 1 is 0.189 bits per heavy atom. The topological polar surface area (TPSA) is 36.5 Å². The predicted octanol–water partition coefficient (Wildman–Crippen LogP) is 28.0. The first-order valence-corrected chi connectivity index (χ1v) is 37.3. The summed E-state index contributed by atoms with van der Waals surface area (Å²) in [5.41, 5.74) is 26.7. The van der Waals surface area contributed by atoms with Gasteiger partial charge in [-0.1, -0.05) is 218 Å². The molecule has 0 N–H and O–H groups in total. The zero-order chi connectivity index (χ0) is 70.4. The third-order valence-corrected chi connectivity index (χ3v) is 22.2. The molecule has 0 bridgehead atoms. The quantitative estimate of drug-likeness (QED) is 0.0940. The summed E-state index contributed by atoms with van der Waals surface area (Å²) in [6, 6.07) is 142. The minimum Gasteiger partial charge on any atom is -0.310 e. The molecule has 0 fully saturated rings. The van der Waals surface area contributed by atoms with Crippen LogP contribution in [-0.2, 0) is 0 Å². The van der Waals surface area contributed by atoms with E-state index in [0.29, 0.717) is 11.1 Å². The van der Waals surface area contributed by atoms with Crippen LogP contribution < -0.4 is 29.4 Å². The Kier molecular flexibility index (Phi) is 16.5. The fourth-order valence-corrected chi connectivity index (χ4v) is 17.4. The highest BCUT2D eigenvalue weighted by atomic mass is 32.2. The summed E-state index contributed by atoms with van der Waals surface area (Å²) in [7, 11) is 0. The molecule has 0 radical (unpaired) electrons. The molecular formula is C97H66N6OS2. The van der Waals surface area contributed by atoms with Gasteiger partial charge in [0.15, 0.2) is 5.78 Å². The lowest BCUT2D eigenvalue weighted by atomic mass is 9.97. The summed E-state index contributed by atoms with van der Waals surface area (Å²) in [6.45, 7) is 0.